The van der Waals surface area contributed by atoms with Crippen molar-refractivity contribution in [2.24, 2.45) is 5.92 Å². The van der Waals surface area contributed by atoms with Gasteiger partial charge in [-0.05, 0) is 24.3 Å². The van der Waals surface area contributed by atoms with Crippen molar-refractivity contribution < 1.29 is 18.8 Å². The van der Waals surface area contributed by atoms with Crippen LogP contribution in [0.4, 0.5) is 0 Å². The molecule has 8 nitrogen and oxygen atoms in total. The molecular formula is C18H24N4O4. The summed E-state index contributed by atoms with van der Waals surface area (Å²) in [7, 11) is 1.60. The SMILES string of the molecule is COc1ccc(-c2noc(CCC(=O)NCCNC(=O)C(C)C)n2)cc1. The smallest absolute Gasteiger partial charge is 0.227 e. The minimum Gasteiger partial charge on any atom is -0.497 e. The van der Waals surface area contributed by atoms with Crippen LogP contribution in [0.15, 0.2) is 28.8 Å². The predicted octanol–water partition coefficient (Wildman–Crippen LogP) is 1.57. The number of amides is 2. The van der Waals surface area contributed by atoms with E-state index in [0.29, 0.717) is 31.2 Å². The molecule has 0 saturated carbocycles. The highest BCUT2D eigenvalue weighted by Crippen LogP contribution is 2.19. The number of aryl methyl sites for hydroxylation is 1. The van der Waals surface area contributed by atoms with E-state index in [1.807, 2.05) is 38.1 Å². The number of ether oxygens (including phenoxy) is 1. The van der Waals surface area contributed by atoms with Crippen LogP contribution in [-0.2, 0) is 16.0 Å². The van der Waals surface area contributed by atoms with Gasteiger partial charge in [-0.25, -0.2) is 0 Å². The first-order chi connectivity index (χ1) is 12.5. The van der Waals surface area contributed by atoms with Crippen molar-refractivity contribution in [3.05, 3.63) is 30.2 Å². The number of benzene rings is 1. The third-order valence-corrected chi connectivity index (χ3v) is 3.65. The molecule has 2 aromatic rings. The van der Waals surface area contributed by atoms with Gasteiger partial charge in [0.15, 0.2) is 0 Å². The van der Waals surface area contributed by atoms with Gasteiger partial charge >= 0.3 is 0 Å². The largest absolute Gasteiger partial charge is 0.497 e. The molecule has 1 heterocycles. The van der Waals surface area contributed by atoms with E-state index in [9.17, 15) is 9.59 Å². The average Bonchev–Trinajstić information content (AvgIpc) is 3.12. The Hall–Kier alpha value is -2.90. The van der Waals surface area contributed by atoms with Gasteiger partial charge in [-0.3, -0.25) is 9.59 Å². The molecule has 1 aromatic heterocycles. The molecule has 26 heavy (non-hydrogen) atoms. The van der Waals surface area contributed by atoms with Crippen LogP contribution in [0.25, 0.3) is 11.4 Å². The first kappa shape index (κ1) is 19.4. The Kier molecular flexibility index (Phi) is 7.13. The van der Waals surface area contributed by atoms with Crippen molar-refractivity contribution in [2.75, 3.05) is 20.2 Å². The number of aromatic nitrogens is 2. The van der Waals surface area contributed by atoms with Crippen molar-refractivity contribution in [1.29, 1.82) is 0 Å². The van der Waals surface area contributed by atoms with Gasteiger partial charge in [0, 0.05) is 37.4 Å². The van der Waals surface area contributed by atoms with Gasteiger partial charge in [0.1, 0.15) is 5.75 Å². The highest BCUT2D eigenvalue weighted by Gasteiger charge is 2.11. The van der Waals surface area contributed by atoms with E-state index < -0.39 is 0 Å². The Morgan fingerprint density at radius 2 is 1.85 bits per heavy atom. The zero-order chi connectivity index (χ0) is 18.9. The number of rotatable bonds is 9. The highest BCUT2D eigenvalue weighted by atomic mass is 16.5. The highest BCUT2D eigenvalue weighted by molar-refractivity contribution is 5.78. The number of hydrogen-bond acceptors (Lipinski definition) is 6. The summed E-state index contributed by atoms with van der Waals surface area (Å²) in [6, 6.07) is 7.31. The number of nitrogens with zero attached hydrogens (tertiary/aromatic N) is 2. The number of nitrogens with one attached hydrogen (secondary N) is 2. The van der Waals surface area contributed by atoms with Gasteiger partial charge in [-0.2, -0.15) is 4.98 Å². The van der Waals surface area contributed by atoms with Crippen LogP contribution in [0.5, 0.6) is 5.75 Å². The van der Waals surface area contributed by atoms with Crippen LogP contribution in [0.2, 0.25) is 0 Å². The topological polar surface area (TPSA) is 106 Å². The van der Waals surface area contributed by atoms with Crippen LogP contribution in [-0.4, -0.2) is 42.2 Å². The van der Waals surface area contributed by atoms with Crippen molar-refractivity contribution in [3.63, 3.8) is 0 Å². The summed E-state index contributed by atoms with van der Waals surface area (Å²) in [6.07, 6.45) is 0.593. The monoisotopic (exact) mass is 360 g/mol. The first-order valence-corrected chi connectivity index (χ1v) is 8.51. The van der Waals surface area contributed by atoms with Gasteiger partial charge in [0.05, 0.1) is 7.11 Å². The van der Waals surface area contributed by atoms with Crippen molar-refractivity contribution in [1.82, 2.24) is 20.8 Å². The molecular weight excluding hydrogens is 336 g/mol. The minimum atomic E-state index is -0.131. The van der Waals surface area contributed by atoms with E-state index in [2.05, 4.69) is 20.8 Å². The number of carbonyl (C=O) groups is 2. The summed E-state index contributed by atoms with van der Waals surface area (Å²) in [5.74, 6) is 1.39. The summed E-state index contributed by atoms with van der Waals surface area (Å²) in [5, 5.41) is 9.40. The lowest BCUT2D eigenvalue weighted by molar-refractivity contribution is -0.124. The molecule has 0 atom stereocenters. The number of carbonyl (C=O) groups excluding carboxylic acids is 2. The van der Waals surface area contributed by atoms with Crippen LogP contribution in [0, 0.1) is 5.92 Å². The van der Waals surface area contributed by atoms with Gasteiger partial charge < -0.3 is 19.9 Å². The molecule has 0 aliphatic carbocycles. The second-order valence-corrected chi connectivity index (χ2v) is 6.04. The Bertz CT molecular complexity index is 725. The Labute approximate surface area is 152 Å². The Balaban J connectivity index is 1.73. The van der Waals surface area contributed by atoms with E-state index in [4.69, 9.17) is 9.26 Å². The molecule has 140 valence electrons. The summed E-state index contributed by atoms with van der Waals surface area (Å²) in [4.78, 5) is 27.5. The quantitative estimate of drug-likeness (QED) is 0.658. The minimum absolute atomic E-state index is 0.0313. The summed E-state index contributed by atoms with van der Waals surface area (Å²) < 4.78 is 10.3. The summed E-state index contributed by atoms with van der Waals surface area (Å²) in [6.45, 7) is 4.43. The molecule has 2 rings (SSSR count). The van der Waals surface area contributed by atoms with Crippen LogP contribution < -0.4 is 15.4 Å². The van der Waals surface area contributed by atoms with E-state index in [0.717, 1.165) is 11.3 Å². The van der Waals surface area contributed by atoms with E-state index >= 15 is 0 Å². The standard InChI is InChI=1S/C18H24N4O4/c1-12(2)18(24)20-11-10-19-15(23)8-9-16-21-17(22-26-16)13-4-6-14(25-3)7-5-13/h4-7,12H,8-11H2,1-3H3,(H,19,23)(H,20,24). The molecule has 0 bridgehead atoms. The van der Waals surface area contributed by atoms with Gasteiger partial charge in [-0.15, -0.1) is 0 Å². The first-order valence-electron chi connectivity index (χ1n) is 8.51. The normalized spacial score (nSPS) is 10.6. The molecule has 2 N–H and O–H groups in total. The Morgan fingerprint density at radius 1 is 1.15 bits per heavy atom. The molecule has 0 unspecified atom stereocenters. The van der Waals surface area contributed by atoms with Crippen LogP contribution in [0.3, 0.4) is 0 Å². The Morgan fingerprint density at radius 3 is 2.50 bits per heavy atom. The lowest BCUT2D eigenvalue weighted by Gasteiger charge is -2.08. The van der Waals surface area contributed by atoms with Gasteiger partial charge in [0.2, 0.25) is 23.5 Å². The molecule has 2 amide bonds. The molecule has 0 radical (unpaired) electrons. The number of methoxy groups -OCH3 is 1. The maximum absolute atomic E-state index is 11.8. The lowest BCUT2D eigenvalue weighted by atomic mass is 10.2. The fourth-order valence-corrected chi connectivity index (χ4v) is 2.11. The molecule has 0 spiro atoms. The number of hydrogen-bond donors (Lipinski definition) is 2. The second kappa shape index (κ2) is 9.55. The second-order valence-electron chi connectivity index (χ2n) is 6.04. The van der Waals surface area contributed by atoms with E-state index in [1.54, 1.807) is 7.11 Å². The molecule has 1 aromatic carbocycles. The summed E-state index contributed by atoms with van der Waals surface area (Å²) in [5.41, 5.74) is 0.811. The van der Waals surface area contributed by atoms with Crippen molar-refractivity contribution in [3.8, 4) is 17.1 Å². The zero-order valence-electron chi connectivity index (χ0n) is 15.2. The third kappa shape index (κ3) is 5.87. The zero-order valence-corrected chi connectivity index (χ0v) is 15.2. The maximum Gasteiger partial charge on any atom is 0.227 e. The van der Waals surface area contributed by atoms with Crippen molar-refractivity contribution in [2.45, 2.75) is 26.7 Å². The summed E-state index contributed by atoms with van der Waals surface area (Å²) >= 11 is 0. The van der Waals surface area contributed by atoms with E-state index in [-0.39, 0.29) is 24.2 Å². The van der Waals surface area contributed by atoms with Crippen LogP contribution in [0.1, 0.15) is 26.2 Å². The molecule has 0 fully saturated rings. The fraction of sp³-hybridized carbons (Fsp3) is 0.444. The predicted molar refractivity (Wildman–Crippen MR) is 95.5 cm³/mol. The van der Waals surface area contributed by atoms with Gasteiger partial charge in [0.25, 0.3) is 0 Å². The molecule has 0 saturated heterocycles. The third-order valence-electron chi connectivity index (χ3n) is 3.65. The molecule has 0 aliphatic heterocycles. The molecule has 0 aliphatic rings. The van der Waals surface area contributed by atoms with Crippen molar-refractivity contribution >= 4 is 11.8 Å². The fourth-order valence-electron chi connectivity index (χ4n) is 2.11. The van der Waals surface area contributed by atoms with E-state index in [1.165, 1.54) is 0 Å². The lowest BCUT2D eigenvalue weighted by Crippen LogP contribution is -2.36. The maximum atomic E-state index is 11.8. The van der Waals surface area contributed by atoms with Gasteiger partial charge in [-0.1, -0.05) is 19.0 Å². The molecule has 8 heteroatoms. The van der Waals surface area contributed by atoms with Crippen LogP contribution >= 0.6 is 0 Å². The average molecular weight is 360 g/mol.